The van der Waals surface area contributed by atoms with Crippen LogP contribution in [-0.2, 0) is 5.54 Å². The number of carbonyl (C=O) groups excluding carboxylic acids is 2. The van der Waals surface area contributed by atoms with E-state index in [-0.39, 0.29) is 16.7 Å². The quantitative estimate of drug-likeness (QED) is 0.657. The normalized spacial score (nSPS) is 15.3. The van der Waals surface area contributed by atoms with Crippen LogP contribution in [0.15, 0.2) is 54.6 Å². The highest BCUT2D eigenvalue weighted by molar-refractivity contribution is 7.80. The number of fused-ring (bicyclic) bond motifs is 1. The van der Waals surface area contributed by atoms with Gasteiger partial charge in [-0.1, -0.05) is 54.6 Å². The monoisotopic (exact) mass is 310 g/mol. The lowest BCUT2D eigenvalue weighted by molar-refractivity contribution is 0.0777. The first-order valence-electron chi connectivity index (χ1n) is 6.85. The molecule has 2 N–H and O–H groups in total. The van der Waals surface area contributed by atoms with E-state index < -0.39 is 5.54 Å². The van der Waals surface area contributed by atoms with Crippen LogP contribution in [0.5, 0.6) is 0 Å². The fraction of sp³-hybridized carbons (Fsp3) is 0.118. The maximum atomic E-state index is 13.0. The molecule has 22 heavy (non-hydrogen) atoms. The molecule has 0 aliphatic heterocycles. The molecule has 0 atom stereocenters. The van der Waals surface area contributed by atoms with Crippen molar-refractivity contribution < 1.29 is 9.59 Å². The average molecular weight is 310 g/mol. The van der Waals surface area contributed by atoms with Gasteiger partial charge in [-0.2, -0.15) is 0 Å². The van der Waals surface area contributed by atoms with E-state index in [1.807, 2.05) is 6.07 Å². The number of Topliss-reactive ketones (excluding diaryl/α,β-unsaturated/α-hetero) is 2. The van der Waals surface area contributed by atoms with E-state index in [1.54, 1.807) is 55.6 Å². The van der Waals surface area contributed by atoms with Crippen molar-refractivity contribution in [1.82, 2.24) is 10.6 Å². The first-order chi connectivity index (χ1) is 10.6. The lowest BCUT2D eigenvalue weighted by Crippen LogP contribution is -2.56. The molecule has 0 bridgehead atoms. The number of carbonyl (C=O) groups is 2. The van der Waals surface area contributed by atoms with Crippen molar-refractivity contribution in [3.8, 4) is 0 Å². The molecular weight excluding hydrogens is 296 g/mol. The van der Waals surface area contributed by atoms with Gasteiger partial charge < -0.3 is 10.6 Å². The third-order valence-corrected chi connectivity index (χ3v) is 4.14. The maximum Gasteiger partial charge on any atom is 0.201 e. The van der Waals surface area contributed by atoms with Gasteiger partial charge in [-0.25, -0.2) is 0 Å². The van der Waals surface area contributed by atoms with Crippen molar-refractivity contribution >= 4 is 28.9 Å². The summed E-state index contributed by atoms with van der Waals surface area (Å²) in [6.07, 6.45) is 0. The van der Waals surface area contributed by atoms with Crippen LogP contribution in [0.1, 0.15) is 26.3 Å². The number of ketones is 2. The first kappa shape index (κ1) is 14.4. The van der Waals surface area contributed by atoms with Gasteiger partial charge in [0.2, 0.25) is 11.6 Å². The molecule has 0 fully saturated rings. The Balaban J connectivity index is 2.23. The molecule has 0 heterocycles. The fourth-order valence-corrected chi connectivity index (χ4v) is 2.91. The minimum atomic E-state index is -1.50. The summed E-state index contributed by atoms with van der Waals surface area (Å²) in [6, 6.07) is 15.8. The van der Waals surface area contributed by atoms with Gasteiger partial charge in [0.25, 0.3) is 0 Å². The van der Waals surface area contributed by atoms with E-state index in [0.717, 1.165) is 0 Å². The lowest BCUT2D eigenvalue weighted by Gasteiger charge is -2.28. The number of nitrogens with one attached hydrogen (secondary N) is 2. The Hall–Kier alpha value is -2.53. The largest absolute Gasteiger partial charge is 0.366 e. The molecule has 5 heteroatoms. The predicted octanol–water partition coefficient (Wildman–Crippen LogP) is 2.05. The van der Waals surface area contributed by atoms with Gasteiger partial charge in [0, 0.05) is 18.2 Å². The predicted molar refractivity (Wildman–Crippen MR) is 88.0 cm³/mol. The van der Waals surface area contributed by atoms with Crippen LogP contribution < -0.4 is 10.6 Å². The zero-order valence-electron chi connectivity index (χ0n) is 11.9. The summed E-state index contributed by atoms with van der Waals surface area (Å²) in [5, 5.41) is 5.94. The highest BCUT2D eigenvalue weighted by Gasteiger charge is 2.54. The average Bonchev–Trinajstić information content (AvgIpc) is 2.79. The number of hydrogen-bond donors (Lipinski definition) is 2. The molecule has 0 unspecified atom stereocenters. The van der Waals surface area contributed by atoms with Gasteiger partial charge in [-0.3, -0.25) is 9.59 Å². The van der Waals surface area contributed by atoms with Gasteiger partial charge in [0.05, 0.1) is 0 Å². The van der Waals surface area contributed by atoms with Crippen LogP contribution in [0.3, 0.4) is 0 Å². The Bertz CT molecular complexity index is 736. The molecule has 2 aromatic rings. The molecule has 0 radical (unpaired) electrons. The second-order valence-corrected chi connectivity index (χ2v) is 5.43. The molecule has 0 spiro atoms. The third kappa shape index (κ3) is 1.94. The minimum Gasteiger partial charge on any atom is -0.366 e. The zero-order chi connectivity index (χ0) is 15.7. The van der Waals surface area contributed by atoms with Crippen molar-refractivity contribution in [2.75, 3.05) is 7.05 Å². The SMILES string of the molecule is CNC(=S)NC1(c2ccccc2)C(=O)c2ccccc2C1=O. The number of thiocarbonyl (C=S) groups is 1. The highest BCUT2D eigenvalue weighted by Crippen LogP contribution is 2.37. The van der Waals surface area contributed by atoms with Gasteiger partial charge in [-0.05, 0) is 17.8 Å². The van der Waals surface area contributed by atoms with Crippen LogP contribution >= 0.6 is 12.2 Å². The topological polar surface area (TPSA) is 58.2 Å². The van der Waals surface area contributed by atoms with Crippen LogP contribution in [0, 0.1) is 0 Å². The standard InChI is InChI=1S/C17H14N2O2S/c1-18-16(22)19-17(11-7-3-2-4-8-11)14(20)12-9-5-6-10-13(12)15(17)21/h2-10H,1H3,(H2,18,19,22). The number of rotatable bonds is 2. The third-order valence-electron chi connectivity index (χ3n) is 3.83. The number of benzene rings is 2. The summed E-state index contributed by atoms with van der Waals surface area (Å²) in [5.41, 5.74) is -0.0743. The minimum absolute atomic E-state index is 0.248. The molecule has 2 aromatic carbocycles. The number of hydrogen-bond acceptors (Lipinski definition) is 3. The summed E-state index contributed by atoms with van der Waals surface area (Å²) < 4.78 is 0. The molecule has 0 amide bonds. The second kappa shape index (κ2) is 5.35. The zero-order valence-corrected chi connectivity index (χ0v) is 12.7. The van der Waals surface area contributed by atoms with Gasteiger partial charge >= 0.3 is 0 Å². The lowest BCUT2D eigenvalue weighted by atomic mass is 9.85. The Kier molecular flexibility index (Phi) is 3.50. The fourth-order valence-electron chi connectivity index (χ4n) is 2.76. The Morgan fingerprint density at radius 1 is 0.909 bits per heavy atom. The van der Waals surface area contributed by atoms with Crippen LogP contribution in [0.2, 0.25) is 0 Å². The van der Waals surface area contributed by atoms with Crippen molar-refractivity contribution in [3.63, 3.8) is 0 Å². The molecular formula is C17H14N2O2S. The van der Waals surface area contributed by atoms with Crippen molar-refractivity contribution in [2.45, 2.75) is 5.54 Å². The molecule has 0 saturated heterocycles. The molecule has 0 aromatic heterocycles. The maximum absolute atomic E-state index is 13.0. The molecule has 4 nitrogen and oxygen atoms in total. The summed E-state index contributed by atoms with van der Waals surface area (Å²) in [6.45, 7) is 0. The first-order valence-corrected chi connectivity index (χ1v) is 7.26. The van der Waals surface area contributed by atoms with Crippen molar-refractivity contribution in [1.29, 1.82) is 0 Å². The highest BCUT2D eigenvalue weighted by atomic mass is 32.1. The van der Waals surface area contributed by atoms with Crippen molar-refractivity contribution in [3.05, 3.63) is 71.3 Å². The van der Waals surface area contributed by atoms with E-state index in [0.29, 0.717) is 16.7 Å². The van der Waals surface area contributed by atoms with Crippen molar-refractivity contribution in [2.24, 2.45) is 0 Å². The summed E-state index contributed by atoms with van der Waals surface area (Å²) >= 11 is 5.15. The summed E-state index contributed by atoms with van der Waals surface area (Å²) in [7, 11) is 1.64. The van der Waals surface area contributed by atoms with E-state index in [2.05, 4.69) is 10.6 Å². The Morgan fingerprint density at radius 3 is 1.91 bits per heavy atom. The van der Waals surface area contributed by atoms with Crippen LogP contribution in [-0.4, -0.2) is 23.7 Å². The Morgan fingerprint density at radius 2 is 1.41 bits per heavy atom. The van der Waals surface area contributed by atoms with Crippen LogP contribution in [0.4, 0.5) is 0 Å². The van der Waals surface area contributed by atoms with Gasteiger partial charge in [-0.15, -0.1) is 0 Å². The Labute approximate surface area is 133 Å². The molecule has 110 valence electrons. The van der Waals surface area contributed by atoms with E-state index >= 15 is 0 Å². The summed E-state index contributed by atoms with van der Waals surface area (Å²) in [5.74, 6) is -0.561. The second-order valence-electron chi connectivity index (χ2n) is 5.02. The van der Waals surface area contributed by atoms with E-state index in [9.17, 15) is 9.59 Å². The van der Waals surface area contributed by atoms with Crippen LogP contribution in [0.25, 0.3) is 0 Å². The molecule has 3 rings (SSSR count). The molecule has 1 aliphatic carbocycles. The smallest absolute Gasteiger partial charge is 0.201 e. The van der Waals surface area contributed by atoms with Gasteiger partial charge in [0.15, 0.2) is 10.7 Å². The summed E-state index contributed by atoms with van der Waals surface area (Å²) in [4.78, 5) is 26.0. The van der Waals surface area contributed by atoms with E-state index in [4.69, 9.17) is 12.2 Å². The molecule has 1 aliphatic rings. The molecule has 0 saturated carbocycles. The van der Waals surface area contributed by atoms with Gasteiger partial charge in [0.1, 0.15) is 0 Å². The van der Waals surface area contributed by atoms with E-state index in [1.165, 1.54) is 0 Å².